The molecule has 174 valence electrons. The van der Waals surface area contributed by atoms with Gasteiger partial charge < -0.3 is 10.5 Å². The predicted octanol–water partition coefficient (Wildman–Crippen LogP) is 3.75. The fraction of sp³-hybridized carbons (Fsp3) is 0.550. The Labute approximate surface area is 183 Å². The van der Waals surface area contributed by atoms with Crippen LogP contribution in [0.4, 0.5) is 18.9 Å². The maximum absolute atomic E-state index is 14.1. The summed E-state index contributed by atoms with van der Waals surface area (Å²) in [6.07, 6.45) is -0.763. The van der Waals surface area contributed by atoms with E-state index in [1.165, 1.54) is 10.7 Å². The Balaban J connectivity index is 1.77. The second kappa shape index (κ2) is 7.19. The number of carbonyl (C=O) groups excluding carboxylic acids is 1. The summed E-state index contributed by atoms with van der Waals surface area (Å²) in [5, 5.41) is 18.0. The fourth-order valence-electron chi connectivity index (χ4n) is 3.97. The molecule has 2 aliphatic rings. The molecule has 0 radical (unpaired) electrons. The number of nitrogens with zero attached hydrogens (tertiary/aromatic N) is 3. The third-order valence-corrected chi connectivity index (χ3v) is 7.39. The van der Waals surface area contributed by atoms with Crippen molar-refractivity contribution in [3.63, 3.8) is 0 Å². The quantitative estimate of drug-likeness (QED) is 0.493. The molecule has 8 nitrogen and oxygen atoms in total. The molecule has 2 aliphatic carbocycles. The summed E-state index contributed by atoms with van der Waals surface area (Å²) in [7, 11) is -3.42. The molecule has 3 atom stereocenters. The molecule has 2 aromatic heterocycles. The monoisotopic (exact) mass is 471 g/mol. The highest BCUT2D eigenvalue weighted by Gasteiger charge is 2.50. The fourth-order valence-corrected chi connectivity index (χ4v) is 4.73. The van der Waals surface area contributed by atoms with Gasteiger partial charge in [0, 0.05) is 30.9 Å². The van der Waals surface area contributed by atoms with Gasteiger partial charge in [0.2, 0.25) is 0 Å². The number of halogens is 3. The van der Waals surface area contributed by atoms with Crippen molar-refractivity contribution in [2.24, 2.45) is 11.3 Å². The molecule has 2 saturated carbocycles. The summed E-state index contributed by atoms with van der Waals surface area (Å²) >= 11 is 0. The van der Waals surface area contributed by atoms with E-state index in [4.69, 9.17) is 4.78 Å². The number of rotatable bonds is 6. The normalized spacial score (nSPS) is 24.8. The lowest BCUT2D eigenvalue weighted by molar-refractivity contribution is -0.646. The minimum Gasteiger partial charge on any atom is -0.618 e. The molecule has 12 heteroatoms. The Bertz CT molecular complexity index is 1200. The molecule has 2 aromatic rings. The molecule has 3 unspecified atom stereocenters. The highest BCUT2D eigenvalue weighted by atomic mass is 32.2. The van der Waals surface area contributed by atoms with E-state index in [2.05, 4.69) is 10.4 Å². The summed E-state index contributed by atoms with van der Waals surface area (Å²) in [5.74, 6) is -1.03. The Kier molecular flexibility index (Phi) is 5.07. The number of alkyl halides is 3. The molecule has 2 fully saturated rings. The van der Waals surface area contributed by atoms with Crippen LogP contribution in [0.25, 0.3) is 0 Å². The average molecular weight is 472 g/mol. The van der Waals surface area contributed by atoms with E-state index >= 15 is 0 Å². The van der Waals surface area contributed by atoms with Gasteiger partial charge >= 0.3 is 6.18 Å². The van der Waals surface area contributed by atoms with Crippen LogP contribution in [0.2, 0.25) is 0 Å². The van der Waals surface area contributed by atoms with Crippen molar-refractivity contribution in [3.05, 3.63) is 40.5 Å². The lowest BCUT2D eigenvalue weighted by Gasteiger charge is -2.15. The van der Waals surface area contributed by atoms with Crippen LogP contribution in [0.15, 0.2) is 23.4 Å². The highest BCUT2D eigenvalue weighted by molar-refractivity contribution is 7.91. The number of hydrogen-bond donors (Lipinski definition) is 2. The molecule has 0 bridgehead atoms. The van der Waals surface area contributed by atoms with E-state index in [0.29, 0.717) is 18.8 Å². The first-order chi connectivity index (χ1) is 14.7. The average Bonchev–Trinajstić information content (AvgIpc) is 3.54. The zero-order valence-corrected chi connectivity index (χ0v) is 18.6. The zero-order valence-electron chi connectivity index (χ0n) is 17.8. The molecule has 2 heterocycles. The predicted molar refractivity (Wildman–Crippen MR) is 109 cm³/mol. The molecule has 4 rings (SSSR count). The Hall–Kier alpha value is -2.63. The minimum atomic E-state index is -4.77. The van der Waals surface area contributed by atoms with Crippen molar-refractivity contribution in [2.75, 3.05) is 11.6 Å². The van der Waals surface area contributed by atoms with Crippen molar-refractivity contribution >= 4 is 21.3 Å². The van der Waals surface area contributed by atoms with Gasteiger partial charge in [-0.1, -0.05) is 13.8 Å². The molecular formula is C20H24F3N5O3S. The van der Waals surface area contributed by atoms with Crippen molar-refractivity contribution < 1.29 is 26.9 Å². The van der Waals surface area contributed by atoms with Crippen molar-refractivity contribution in [1.82, 2.24) is 9.78 Å². The van der Waals surface area contributed by atoms with Crippen LogP contribution in [-0.2, 0) is 22.5 Å². The van der Waals surface area contributed by atoms with E-state index < -0.39 is 38.1 Å². The molecular weight excluding hydrogens is 447 g/mol. The second-order valence-corrected chi connectivity index (χ2v) is 11.3. The van der Waals surface area contributed by atoms with Gasteiger partial charge in [0.25, 0.3) is 10.9 Å². The van der Waals surface area contributed by atoms with Gasteiger partial charge in [0.05, 0.1) is 11.4 Å². The first kappa shape index (κ1) is 22.6. The van der Waals surface area contributed by atoms with Gasteiger partial charge in [0.15, 0.2) is 6.20 Å². The van der Waals surface area contributed by atoms with Crippen LogP contribution in [-0.4, -0.2) is 26.2 Å². The number of anilines is 1. The number of pyridine rings is 1. The number of hydrogen-bond acceptors (Lipinski definition) is 5. The van der Waals surface area contributed by atoms with Gasteiger partial charge in [-0.3, -0.25) is 9.48 Å². The smallest absolute Gasteiger partial charge is 0.420 e. The van der Waals surface area contributed by atoms with Crippen LogP contribution in [0.3, 0.4) is 0 Å². The standard InChI is InChI=1S/C20H24F3N5O3S/c1-11-9-19(11,2)10-27-17(15(20(21,22)23)16(26-27)12-4-5-12)18(29)25-13-6-7-28(30)14(8-13)32(3,24)31/h6-8,11-12,24H,4-5,9-10H2,1-3H3,(H,25,29). The van der Waals surface area contributed by atoms with Gasteiger partial charge in [-0.15, -0.1) is 0 Å². The first-order valence-electron chi connectivity index (χ1n) is 10.2. The number of aromatic nitrogens is 3. The molecule has 0 spiro atoms. The van der Waals surface area contributed by atoms with Gasteiger partial charge in [-0.05, 0) is 30.6 Å². The number of carbonyl (C=O) groups is 1. The summed E-state index contributed by atoms with van der Waals surface area (Å²) in [5.41, 5.74) is -1.96. The summed E-state index contributed by atoms with van der Waals surface area (Å²) in [6.45, 7) is 4.14. The van der Waals surface area contributed by atoms with E-state index in [9.17, 15) is 27.4 Å². The topological polar surface area (TPSA) is 115 Å². The highest BCUT2D eigenvalue weighted by Crippen LogP contribution is 2.54. The van der Waals surface area contributed by atoms with E-state index in [1.807, 2.05) is 13.8 Å². The lowest BCUT2D eigenvalue weighted by Crippen LogP contribution is -2.33. The van der Waals surface area contributed by atoms with Crippen molar-refractivity contribution in [3.8, 4) is 0 Å². The molecule has 2 N–H and O–H groups in total. The van der Waals surface area contributed by atoms with Crippen molar-refractivity contribution in [1.29, 1.82) is 4.78 Å². The maximum Gasteiger partial charge on any atom is 0.420 e. The van der Waals surface area contributed by atoms with Gasteiger partial charge in [0.1, 0.15) is 21.0 Å². The SMILES string of the molecule is CC1CC1(C)Cn1nc(C2CC2)c(C(F)(F)F)c1C(=O)Nc1cc[n+]([O-])c(S(C)(=N)=O)c1. The Morgan fingerprint density at radius 3 is 2.59 bits per heavy atom. The Morgan fingerprint density at radius 1 is 1.47 bits per heavy atom. The van der Waals surface area contributed by atoms with Gasteiger partial charge in [-0.25, -0.2) is 8.99 Å². The van der Waals surface area contributed by atoms with Crippen LogP contribution in [0.5, 0.6) is 0 Å². The first-order valence-corrected chi connectivity index (χ1v) is 12.1. The minimum absolute atomic E-state index is 0.0289. The molecule has 0 saturated heterocycles. The molecule has 1 amide bonds. The molecule has 0 aromatic carbocycles. The van der Waals surface area contributed by atoms with Crippen LogP contribution in [0.1, 0.15) is 60.8 Å². The van der Waals surface area contributed by atoms with Crippen LogP contribution >= 0.6 is 0 Å². The third kappa shape index (κ3) is 4.19. The summed E-state index contributed by atoms with van der Waals surface area (Å²) in [4.78, 5) is 13.1. The lowest BCUT2D eigenvalue weighted by atomic mass is 10.1. The summed E-state index contributed by atoms with van der Waals surface area (Å²) in [6, 6.07) is 2.22. The Morgan fingerprint density at radius 2 is 2.09 bits per heavy atom. The second-order valence-electron chi connectivity index (χ2n) is 9.17. The van der Waals surface area contributed by atoms with E-state index in [0.717, 1.165) is 24.9 Å². The largest absolute Gasteiger partial charge is 0.618 e. The summed E-state index contributed by atoms with van der Waals surface area (Å²) < 4.78 is 63.2. The maximum atomic E-state index is 14.1. The number of nitrogens with one attached hydrogen (secondary N) is 2. The van der Waals surface area contributed by atoms with Gasteiger partial charge in [-0.2, -0.15) is 23.0 Å². The van der Waals surface area contributed by atoms with E-state index in [-0.39, 0.29) is 34.0 Å². The third-order valence-electron chi connectivity index (χ3n) is 6.30. The number of amides is 1. The molecule has 32 heavy (non-hydrogen) atoms. The van der Waals surface area contributed by atoms with Crippen LogP contribution in [0, 0.1) is 21.3 Å². The van der Waals surface area contributed by atoms with Crippen molar-refractivity contribution in [2.45, 2.75) is 56.8 Å². The van der Waals surface area contributed by atoms with Crippen LogP contribution < -0.4 is 10.0 Å². The van der Waals surface area contributed by atoms with E-state index in [1.54, 1.807) is 0 Å². The molecule has 0 aliphatic heterocycles. The zero-order chi connectivity index (χ0) is 23.6.